The van der Waals surface area contributed by atoms with Crippen molar-refractivity contribution < 1.29 is 32.5 Å². The van der Waals surface area contributed by atoms with Crippen LogP contribution >= 0.6 is 7.82 Å². The van der Waals surface area contributed by atoms with Gasteiger partial charge in [0, 0.05) is 7.05 Å². The van der Waals surface area contributed by atoms with Crippen molar-refractivity contribution in [1.29, 1.82) is 0 Å². The molecule has 2 atom stereocenters. The second kappa shape index (κ2) is 15.2. The Morgan fingerprint density at radius 1 is 1.07 bits per heavy atom. The number of ether oxygens (including phenoxy) is 1. The molecular formula is C19H41N2O6P. The van der Waals surface area contributed by atoms with Gasteiger partial charge in [-0.25, -0.2) is 4.79 Å². The molecule has 168 valence electrons. The number of nitrogens with one attached hydrogen (secondary N) is 1. The summed E-state index contributed by atoms with van der Waals surface area (Å²) in [5, 5.41) is 2.34. The minimum absolute atomic E-state index is 0.0467. The van der Waals surface area contributed by atoms with Crippen LogP contribution in [0.3, 0.4) is 0 Å². The van der Waals surface area contributed by atoms with E-state index in [-0.39, 0.29) is 13.2 Å². The molecule has 0 fully saturated rings. The first-order valence-electron chi connectivity index (χ1n) is 10.4. The normalized spacial score (nSPS) is 15.1. The lowest BCUT2D eigenvalue weighted by Gasteiger charge is -2.30. The molecule has 0 aromatic carbocycles. The number of carbonyl (C=O) groups is 1. The standard InChI is InChI=1S/C19H41N2O6P/c1-6-7-8-9-10-11-12-13-14-18(17-25-19(22)20-2)27-28(23,24)26-16-15-21(3,4)5/h18H,6-17H2,1-5H3,(H-,20,22,23,24). The predicted molar refractivity (Wildman–Crippen MR) is 109 cm³/mol. The molecular weight excluding hydrogens is 383 g/mol. The van der Waals surface area contributed by atoms with E-state index in [1.54, 1.807) is 0 Å². The number of rotatable bonds is 17. The largest absolute Gasteiger partial charge is 0.756 e. The summed E-state index contributed by atoms with van der Waals surface area (Å²) in [6.07, 6.45) is 8.28. The summed E-state index contributed by atoms with van der Waals surface area (Å²) in [5.41, 5.74) is 0. The van der Waals surface area contributed by atoms with E-state index in [1.807, 2.05) is 21.1 Å². The van der Waals surface area contributed by atoms with E-state index in [9.17, 15) is 14.3 Å². The number of phosphoric ester groups is 1. The molecule has 0 aromatic rings. The molecule has 1 N–H and O–H groups in total. The highest BCUT2D eigenvalue weighted by atomic mass is 31.2. The number of quaternary nitrogens is 1. The van der Waals surface area contributed by atoms with E-state index in [4.69, 9.17) is 13.8 Å². The fraction of sp³-hybridized carbons (Fsp3) is 0.947. The van der Waals surface area contributed by atoms with E-state index in [1.165, 1.54) is 39.2 Å². The Kier molecular flexibility index (Phi) is 14.9. The van der Waals surface area contributed by atoms with E-state index < -0.39 is 20.0 Å². The van der Waals surface area contributed by atoms with Crippen LogP contribution in [0.5, 0.6) is 0 Å². The van der Waals surface area contributed by atoms with Crippen molar-refractivity contribution >= 4 is 13.9 Å². The third-order valence-electron chi connectivity index (χ3n) is 4.27. The van der Waals surface area contributed by atoms with E-state index in [0.29, 0.717) is 17.4 Å². The molecule has 28 heavy (non-hydrogen) atoms. The van der Waals surface area contributed by atoms with Crippen LogP contribution < -0.4 is 10.2 Å². The monoisotopic (exact) mass is 424 g/mol. The molecule has 0 aliphatic heterocycles. The van der Waals surface area contributed by atoms with E-state index in [2.05, 4.69) is 12.2 Å². The van der Waals surface area contributed by atoms with Gasteiger partial charge in [0.15, 0.2) is 0 Å². The van der Waals surface area contributed by atoms with Gasteiger partial charge in [-0.2, -0.15) is 0 Å². The van der Waals surface area contributed by atoms with E-state index >= 15 is 0 Å². The number of hydrogen-bond donors (Lipinski definition) is 1. The maximum atomic E-state index is 12.1. The minimum atomic E-state index is -4.45. The Morgan fingerprint density at radius 3 is 2.18 bits per heavy atom. The molecule has 0 spiro atoms. The Morgan fingerprint density at radius 2 is 1.64 bits per heavy atom. The number of alkyl carbamates (subject to hydrolysis) is 1. The fourth-order valence-electron chi connectivity index (χ4n) is 2.55. The van der Waals surface area contributed by atoms with Crippen molar-refractivity contribution in [3.63, 3.8) is 0 Å². The van der Waals surface area contributed by atoms with Crippen molar-refractivity contribution in [3.8, 4) is 0 Å². The number of likely N-dealkylation sites (N-methyl/N-ethyl adjacent to an activating group) is 1. The molecule has 0 saturated carbocycles. The van der Waals surface area contributed by atoms with Crippen LogP contribution in [0, 0.1) is 0 Å². The lowest BCUT2D eigenvalue weighted by Crippen LogP contribution is -2.37. The summed E-state index contributed by atoms with van der Waals surface area (Å²) in [6, 6.07) is 0. The number of carbonyl (C=O) groups excluding carboxylic acids is 1. The van der Waals surface area contributed by atoms with Gasteiger partial charge < -0.3 is 28.5 Å². The molecule has 1 amide bonds. The molecule has 0 rings (SSSR count). The quantitative estimate of drug-likeness (QED) is 0.218. The zero-order valence-electron chi connectivity index (χ0n) is 18.4. The van der Waals surface area contributed by atoms with E-state index in [0.717, 1.165) is 19.3 Å². The highest BCUT2D eigenvalue weighted by Gasteiger charge is 2.21. The smallest absolute Gasteiger partial charge is 0.406 e. The van der Waals surface area contributed by atoms with Crippen LogP contribution in [-0.4, -0.2) is 64.6 Å². The molecule has 8 nitrogen and oxygen atoms in total. The SMILES string of the molecule is CCCCCCCCCCC(COC(=O)NC)OP(=O)([O-])OCC[N+](C)(C)C. The van der Waals surface area contributed by atoms with Crippen LogP contribution in [0.25, 0.3) is 0 Å². The van der Waals surface area contributed by atoms with Crippen molar-refractivity contribution in [2.75, 3.05) is 47.9 Å². The average Bonchev–Trinajstić information content (AvgIpc) is 2.59. The van der Waals surface area contributed by atoms with Gasteiger partial charge in [0.2, 0.25) is 0 Å². The van der Waals surface area contributed by atoms with Gasteiger partial charge in [-0.15, -0.1) is 0 Å². The molecule has 0 aliphatic carbocycles. The van der Waals surface area contributed by atoms with Crippen LogP contribution in [0.4, 0.5) is 4.79 Å². The zero-order valence-corrected chi connectivity index (χ0v) is 19.3. The topological polar surface area (TPSA) is 96.9 Å². The van der Waals surface area contributed by atoms with Crippen LogP contribution in [0.2, 0.25) is 0 Å². The summed E-state index contributed by atoms with van der Waals surface area (Å²) in [5.74, 6) is 0. The lowest BCUT2D eigenvalue weighted by molar-refractivity contribution is -0.870. The molecule has 9 heteroatoms. The third-order valence-corrected chi connectivity index (χ3v) is 5.33. The van der Waals surface area contributed by atoms with Crippen molar-refractivity contribution in [2.24, 2.45) is 0 Å². The first-order valence-corrected chi connectivity index (χ1v) is 11.8. The van der Waals surface area contributed by atoms with Gasteiger partial charge >= 0.3 is 6.09 Å². The summed E-state index contributed by atoms with van der Waals surface area (Å²) in [7, 11) is 2.84. The Labute approximate surface area is 171 Å². The van der Waals surface area contributed by atoms with Crippen LogP contribution in [-0.2, 0) is 18.3 Å². The summed E-state index contributed by atoms with van der Waals surface area (Å²) in [6.45, 7) is 2.65. The second-order valence-corrected chi connectivity index (χ2v) is 9.50. The van der Waals surface area contributed by atoms with Gasteiger partial charge in [0.25, 0.3) is 7.82 Å². The molecule has 0 aromatic heterocycles. The van der Waals surface area contributed by atoms with Gasteiger partial charge in [-0.3, -0.25) is 4.57 Å². The predicted octanol–water partition coefficient (Wildman–Crippen LogP) is 3.45. The first-order chi connectivity index (χ1) is 13.1. The average molecular weight is 425 g/mol. The first kappa shape index (κ1) is 27.3. The van der Waals surface area contributed by atoms with Crippen molar-refractivity contribution in [2.45, 2.75) is 70.8 Å². The lowest BCUT2D eigenvalue weighted by atomic mass is 10.1. The van der Waals surface area contributed by atoms with Crippen molar-refractivity contribution in [3.05, 3.63) is 0 Å². The number of amides is 1. The molecule has 0 aliphatic rings. The van der Waals surface area contributed by atoms with Gasteiger partial charge in [0.1, 0.15) is 25.9 Å². The Bertz CT molecular complexity index is 456. The molecule has 0 bridgehead atoms. The van der Waals surface area contributed by atoms with Crippen LogP contribution in [0.15, 0.2) is 0 Å². The molecule has 0 radical (unpaired) electrons. The summed E-state index contributed by atoms with van der Waals surface area (Å²) in [4.78, 5) is 23.4. The highest BCUT2D eigenvalue weighted by molar-refractivity contribution is 7.45. The summed E-state index contributed by atoms with van der Waals surface area (Å²) < 4.78 is 27.8. The molecule has 0 heterocycles. The maximum absolute atomic E-state index is 12.1. The number of hydrogen-bond acceptors (Lipinski definition) is 6. The van der Waals surface area contributed by atoms with Gasteiger partial charge in [-0.05, 0) is 6.42 Å². The maximum Gasteiger partial charge on any atom is 0.406 e. The minimum Gasteiger partial charge on any atom is -0.756 e. The number of unbranched alkanes of at least 4 members (excludes halogenated alkanes) is 7. The van der Waals surface area contributed by atoms with Crippen molar-refractivity contribution in [1.82, 2.24) is 5.32 Å². The van der Waals surface area contributed by atoms with Crippen LogP contribution in [0.1, 0.15) is 64.7 Å². The number of nitrogens with zero attached hydrogens (tertiary/aromatic N) is 1. The highest BCUT2D eigenvalue weighted by Crippen LogP contribution is 2.40. The zero-order chi connectivity index (χ0) is 21.5. The fourth-order valence-corrected chi connectivity index (χ4v) is 3.45. The second-order valence-electron chi connectivity index (χ2n) is 8.13. The molecule has 2 unspecified atom stereocenters. The van der Waals surface area contributed by atoms with Gasteiger partial charge in [-0.1, -0.05) is 58.3 Å². The third kappa shape index (κ3) is 17.4. The van der Waals surface area contributed by atoms with Gasteiger partial charge in [0.05, 0.1) is 21.1 Å². The number of phosphoric acid groups is 1. The Balaban J connectivity index is 4.34. The molecule has 0 saturated heterocycles. The Hall–Kier alpha value is -0.660. The summed E-state index contributed by atoms with van der Waals surface area (Å²) >= 11 is 0.